The third-order valence-corrected chi connectivity index (χ3v) is 5.16. The van der Waals surface area contributed by atoms with E-state index in [4.69, 9.17) is 5.11 Å². The lowest BCUT2D eigenvalue weighted by molar-refractivity contribution is -0.384. The summed E-state index contributed by atoms with van der Waals surface area (Å²) in [5.41, 5.74) is 1.12. The minimum atomic E-state index is -0.494. The van der Waals surface area contributed by atoms with Crippen LogP contribution >= 0.6 is 0 Å². The van der Waals surface area contributed by atoms with Gasteiger partial charge in [-0.2, -0.15) is 0 Å². The summed E-state index contributed by atoms with van der Waals surface area (Å²) in [6.07, 6.45) is 0. The summed E-state index contributed by atoms with van der Waals surface area (Å²) in [5, 5.41) is 20.1. The van der Waals surface area contributed by atoms with Crippen LogP contribution in [0.25, 0.3) is 5.57 Å². The first kappa shape index (κ1) is 20.9. The molecule has 1 saturated heterocycles. The Morgan fingerprint density at radius 1 is 1.07 bits per heavy atom. The third-order valence-electron chi connectivity index (χ3n) is 5.16. The summed E-state index contributed by atoms with van der Waals surface area (Å²) in [6, 6.07) is 5.75. The number of nitro benzene ring substituents is 1. The van der Waals surface area contributed by atoms with Crippen LogP contribution in [0.2, 0.25) is 0 Å². The fraction of sp³-hybridized carbons (Fsp3) is 0.500. The Kier molecular flexibility index (Phi) is 6.29. The van der Waals surface area contributed by atoms with Gasteiger partial charge in [-0.25, -0.2) is 0 Å². The molecule has 0 bridgehead atoms. The maximum absolute atomic E-state index is 13.2. The Labute approximate surface area is 169 Å². The molecule has 0 unspecified atom stereocenters. The first-order valence-electron chi connectivity index (χ1n) is 9.77. The fourth-order valence-electron chi connectivity index (χ4n) is 3.73. The van der Waals surface area contributed by atoms with E-state index in [1.807, 2.05) is 18.7 Å². The molecule has 2 aliphatic rings. The van der Waals surface area contributed by atoms with Crippen LogP contribution in [-0.4, -0.2) is 82.4 Å². The normalized spacial score (nSPS) is 18.3. The zero-order valence-electron chi connectivity index (χ0n) is 16.7. The van der Waals surface area contributed by atoms with Gasteiger partial charge in [0.25, 0.3) is 17.5 Å². The molecule has 9 heteroatoms. The molecule has 3 rings (SSSR count). The number of imide groups is 1. The van der Waals surface area contributed by atoms with Crippen LogP contribution in [0.4, 0.5) is 5.69 Å². The average molecular weight is 402 g/mol. The third kappa shape index (κ3) is 4.30. The van der Waals surface area contributed by atoms with Crippen molar-refractivity contribution in [3.05, 3.63) is 45.6 Å². The van der Waals surface area contributed by atoms with E-state index in [1.165, 1.54) is 29.2 Å². The number of hydrogen-bond acceptors (Lipinski definition) is 7. The van der Waals surface area contributed by atoms with Crippen LogP contribution in [0.15, 0.2) is 30.0 Å². The highest BCUT2D eigenvalue weighted by molar-refractivity contribution is 6.35. The number of amides is 2. The number of aliphatic hydroxyl groups excluding tert-OH is 1. The molecule has 9 nitrogen and oxygen atoms in total. The van der Waals surface area contributed by atoms with Crippen molar-refractivity contribution < 1.29 is 19.6 Å². The molecule has 0 spiro atoms. The number of benzene rings is 1. The molecular formula is C20H26N4O5. The first-order chi connectivity index (χ1) is 13.8. The predicted molar refractivity (Wildman–Crippen MR) is 107 cm³/mol. The first-order valence-corrected chi connectivity index (χ1v) is 9.77. The van der Waals surface area contributed by atoms with Crippen LogP contribution in [0.1, 0.15) is 19.4 Å². The summed E-state index contributed by atoms with van der Waals surface area (Å²) in [5.74, 6) is -0.542. The van der Waals surface area contributed by atoms with Gasteiger partial charge in [0.2, 0.25) is 0 Å². The van der Waals surface area contributed by atoms with Crippen molar-refractivity contribution in [3.63, 3.8) is 0 Å². The number of aliphatic hydroxyl groups is 1. The lowest BCUT2D eigenvalue weighted by Gasteiger charge is -2.36. The van der Waals surface area contributed by atoms with Gasteiger partial charge in [-0.1, -0.05) is 13.8 Å². The van der Waals surface area contributed by atoms with Gasteiger partial charge >= 0.3 is 0 Å². The molecule has 1 aromatic carbocycles. The summed E-state index contributed by atoms with van der Waals surface area (Å²) < 4.78 is 0. The van der Waals surface area contributed by atoms with E-state index in [9.17, 15) is 19.7 Å². The number of piperazine rings is 1. The molecule has 1 fully saturated rings. The predicted octanol–water partition coefficient (Wildman–Crippen LogP) is 0.941. The van der Waals surface area contributed by atoms with Crippen LogP contribution in [0.3, 0.4) is 0 Å². The van der Waals surface area contributed by atoms with Crippen LogP contribution in [0, 0.1) is 16.0 Å². The minimum absolute atomic E-state index is 0.0654. The Balaban J connectivity index is 1.96. The smallest absolute Gasteiger partial charge is 0.277 e. The summed E-state index contributed by atoms with van der Waals surface area (Å²) in [4.78, 5) is 42.1. The number of hydrogen-bond donors (Lipinski definition) is 1. The summed E-state index contributed by atoms with van der Waals surface area (Å²) in [6.45, 7) is 7.37. The van der Waals surface area contributed by atoms with Crippen molar-refractivity contribution in [3.8, 4) is 0 Å². The summed E-state index contributed by atoms with van der Waals surface area (Å²) >= 11 is 0. The van der Waals surface area contributed by atoms with Gasteiger partial charge in [0, 0.05) is 51.4 Å². The van der Waals surface area contributed by atoms with Crippen molar-refractivity contribution in [1.82, 2.24) is 14.7 Å². The van der Waals surface area contributed by atoms with Gasteiger partial charge in [-0.05, 0) is 23.6 Å². The monoisotopic (exact) mass is 402 g/mol. The molecule has 0 aromatic heterocycles. The molecule has 1 N–H and O–H groups in total. The molecule has 2 amide bonds. The van der Waals surface area contributed by atoms with E-state index >= 15 is 0 Å². The maximum atomic E-state index is 13.2. The largest absolute Gasteiger partial charge is 0.395 e. The standard InChI is InChI=1S/C20H26N4O5/c1-14(2)13-23-19(26)17(15-3-5-16(6-4-15)24(28)29)18(20(23)27)22-9-7-21(8-10-22)11-12-25/h3-6,14,25H,7-13H2,1-2H3. The highest BCUT2D eigenvalue weighted by Gasteiger charge is 2.42. The highest BCUT2D eigenvalue weighted by atomic mass is 16.6. The second-order valence-corrected chi connectivity index (χ2v) is 7.69. The molecule has 1 aromatic rings. The van der Waals surface area contributed by atoms with Crippen molar-refractivity contribution >= 4 is 23.1 Å². The Bertz CT molecular complexity index is 826. The maximum Gasteiger partial charge on any atom is 0.277 e. The molecule has 0 aliphatic carbocycles. The van der Waals surface area contributed by atoms with Crippen LogP contribution < -0.4 is 0 Å². The molecule has 0 saturated carbocycles. The Morgan fingerprint density at radius 3 is 2.21 bits per heavy atom. The van der Waals surface area contributed by atoms with E-state index in [0.29, 0.717) is 56.1 Å². The Hall–Kier alpha value is -2.78. The van der Waals surface area contributed by atoms with Gasteiger partial charge in [0.05, 0.1) is 17.1 Å². The van der Waals surface area contributed by atoms with Gasteiger partial charge in [0.1, 0.15) is 5.70 Å². The second-order valence-electron chi connectivity index (χ2n) is 7.69. The van der Waals surface area contributed by atoms with Crippen molar-refractivity contribution in [2.45, 2.75) is 13.8 Å². The number of carbonyl (C=O) groups excluding carboxylic acids is 2. The number of nitrogens with zero attached hydrogens (tertiary/aromatic N) is 4. The van der Waals surface area contributed by atoms with Crippen molar-refractivity contribution in [2.24, 2.45) is 5.92 Å². The molecule has 29 heavy (non-hydrogen) atoms. The zero-order valence-corrected chi connectivity index (χ0v) is 16.7. The fourth-order valence-corrected chi connectivity index (χ4v) is 3.73. The topological polar surface area (TPSA) is 107 Å². The molecule has 0 atom stereocenters. The second kappa shape index (κ2) is 8.71. The molecule has 156 valence electrons. The molecular weight excluding hydrogens is 376 g/mol. The number of β-amino-alcohol motifs (C(OH)–C–C–N with tert-alkyl or cyclic N) is 1. The van der Waals surface area contributed by atoms with Crippen molar-refractivity contribution in [2.75, 3.05) is 45.9 Å². The van der Waals surface area contributed by atoms with Gasteiger partial charge in [-0.3, -0.25) is 29.5 Å². The SMILES string of the molecule is CC(C)CN1C(=O)C(c2ccc([N+](=O)[O-])cc2)=C(N2CCN(CCO)CC2)C1=O. The average Bonchev–Trinajstić information content (AvgIpc) is 2.93. The van der Waals surface area contributed by atoms with Crippen LogP contribution in [-0.2, 0) is 9.59 Å². The van der Waals surface area contributed by atoms with E-state index in [-0.39, 0.29) is 30.0 Å². The van der Waals surface area contributed by atoms with E-state index in [1.54, 1.807) is 0 Å². The quantitative estimate of drug-likeness (QED) is 0.411. The summed E-state index contributed by atoms with van der Waals surface area (Å²) in [7, 11) is 0. The van der Waals surface area contributed by atoms with Crippen LogP contribution in [0.5, 0.6) is 0 Å². The van der Waals surface area contributed by atoms with E-state index in [2.05, 4.69) is 4.90 Å². The number of nitro groups is 1. The molecule has 2 aliphatic heterocycles. The lowest BCUT2D eigenvalue weighted by atomic mass is 10.0. The van der Waals surface area contributed by atoms with Crippen molar-refractivity contribution in [1.29, 1.82) is 0 Å². The highest BCUT2D eigenvalue weighted by Crippen LogP contribution is 2.33. The van der Waals surface area contributed by atoms with Gasteiger partial charge in [0.15, 0.2) is 0 Å². The molecule has 2 heterocycles. The number of rotatable bonds is 7. The molecule has 0 radical (unpaired) electrons. The van der Waals surface area contributed by atoms with Gasteiger partial charge < -0.3 is 10.0 Å². The van der Waals surface area contributed by atoms with Gasteiger partial charge in [-0.15, -0.1) is 0 Å². The zero-order chi connectivity index (χ0) is 21.1. The van der Waals surface area contributed by atoms with E-state index < -0.39 is 4.92 Å². The number of carbonyl (C=O) groups is 2. The Morgan fingerprint density at radius 2 is 1.69 bits per heavy atom. The minimum Gasteiger partial charge on any atom is -0.395 e. The van der Waals surface area contributed by atoms with E-state index in [0.717, 1.165) is 0 Å². The number of non-ortho nitro benzene ring substituents is 1. The lowest BCUT2D eigenvalue weighted by Crippen LogP contribution is -2.48.